The highest BCUT2D eigenvalue weighted by atomic mass is 32.1. The minimum Gasteiger partial charge on any atom is -0.493 e. The number of nitro groups is 1. The first kappa shape index (κ1) is 24.6. The number of thiazole rings is 1. The molecule has 0 saturated carbocycles. The van der Waals surface area contributed by atoms with Crippen molar-refractivity contribution in [2.45, 2.75) is 32.7 Å². The number of ether oxygens (including phenoxy) is 2. The number of methoxy groups -OCH3 is 2. The van der Waals surface area contributed by atoms with Crippen molar-refractivity contribution in [2.75, 3.05) is 14.2 Å². The number of nitro benzene ring substituents is 1. The van der Waals surface area contributed by atoms with Crippen LogP contribution in [0.3, 0.4) is 0 Å². The van der Waals surface area contributed by atoms with E-state index in [1.807, 2.05) is 19.9 Å². The highest BCUT2D eigenvalue weighted by Gasteiger charge is 2.40. The number of allylic oxidation sites excluding steroid dienone is 2. The molecule has 2 aliphatic rings. The quantitative estimate of drug-likeness (QED) is 0.377. The fraction of sp³-hybridized carbons (Fsp3) is 0.296. The van der Waals surface area contributed by atoms with Gasteiger partial charge in [0.15, 0.2) is 22.1 Å². The van der Waals surface area contributed by atoms with Gasteiger partial charge in [-0.1, -0.05) is 31.3 Å². The lowest BCUT2D eigenvalue weighted by Gasteiger charge is -2.35. The summed E-state index contributed by atoms with van der Waals surface area (Å²) in [6.07, 6.45) is 2.69. The molecule has 1 aliphatic heterocycles. The molecule has 0 N–H and O–H groups in total. The first-order chi connectivity index (χ1) is 17.6. The Morgan fingerprint density at radius 2 is 1.78 bits per heavy atom. The minimum atomic E-state index is -0.705. The van der Waals surface area contributed by atoms with Crippen LogP contribution in [0.2, 0.25) is 0 Å². The van der Waals surface area contributed by atoms with Crippen molar-refractivity contribution in [1.29, 1.82) is 0 Å². The molecule has 0 saturated heterocycles. The average molecular weight is 520 g/mol. The summed E-state index contributed by atoms with van der Waals surface area (Å²) in [5.41, 5.74) is 1.92. The number of non-ortho nitro benzene ring substituents is 1. The summed E-state index contributed by atoms with van der Waals surface area (Å²) in [6, 6.07) is 10.7. The third-order valence-corrected chi connectivity index (χ3v) is 7.60. The van der Waals surface area contributed by atoms with Crippen LogP contribution in [0.15, 0.2) is 63.5 Å². The molecule has 190 valence electrons. The van der Waals surface area contributed by atoms with Crippen LogP contribution in [-0.2, 0) is 4.79 Å². The second-order valence-electron chi connectivity index (χ2n) is 9.85. The van der Waals surface area contributed by atoms with E-state index in [0.717, 1.165) is 5.56 Å². The van der Waals surface area contributed by atoms with E-state index >= 15 is 0 Å². The topological polar surface area (TPSA) is 113 Å². The second-order valence-corrected chi connectivity index (χ2v) is 10.9. The van der Waals surface area contributed by atoms with Crippen molar-refractivity contribution in [3.8, 4) is 11.5 Å². The number of nitrogens with zero attached hydrogens (tertiary/aromatic N) is 3. The van der Waals surface area contributed by atoms with E-state index in [0.29, 0.717) is 50.5 Å². The smallest absolute Gasteiger partial charge is 0.271 e. The van der Waals surface area contributed by atoms with Crippen LogP contribution in [-0.4, -0.2) is 29.5 Å². The Morgan fingerprint density at radius 3 is 2.43 bits per heavy atom. The zero-order valence-electron chi connectivity index (χ0n) is 20.8. The SMILES string of the molecule is COc1ccc(C=c2sc3n(c2=O)C(c2ccc([N+](=O)[O-])cc2)C2=C(CC(C)(C)CC2=O)N=3)cc1OC. The molecular weight excluding hydrogens is 494 g/mol. The number of aromatic nitrogens is 1. The number of carbonyl (C=O) groups is 1. The van der Waals surface area contributed by atoms with Gasteiger partial charge in [0.1, 0.15) is 0 Å². The zero-order chi connectivity index (χ0) is 26.5. The number of rotatable bonds is 5. The van der Waals surface area contributed by atoms with Gasteiger partial charge in [-0.15, -0.1) is 0 Å². The van der Waals surface area contributed by atoms with Gasteiger partial charge in [-0.2, -0.15) is 0 Å². The van der Waals surface area contributed by atoms with Gasteiger partial charge in [0.2, 0.25) is 0 Å². The molecule has 1 aromatic heterocycles. The molecule has 0 amide bonds. The lowest BCUT2D eigenvalue weighted by atomic mass is 9.73. The van der Waals surface area contributed by atoms with E-state index < -0.39 is 11.0 Å². The van der Waals surface area contributed by atoms with Crippen LogP contribution in [0.1, 0.15) is 43.9 Å². The molecule has 0 radical (unpaired) electrons. The van der Waals surface area contributed by atoms with E-state index in [4.69, 9.17) is 14.5 Å². The van der Waals surface area contributed by atoms with Gasteiger partial charge < -0.3 is 9.47 Å². The fourth-order valence-corrected chi connectivity index (χ4v) is 5.96. The van der Waals surface area contributed by atoms with Crippen molar-refractivity contribution in [2.24, 2.45) is 10.4 Å². The predicted molar refractivity (Wildman–Crippen MR) is 139 cm³/mol. The Labute approximate surface area is 216 Å². The van der Waals surface area contributed by atoms with Crippen molar-refractivity contribution in [3.05, 3.63) is 94.7 Å². The highest BCUT2D eigenvalue weighted by Crippen LogP contribution is 2.43. The molecule has 0 spiro atoms. The Balaban J connectivity index is 1.72. The molecule has 0 bridgehead atoms. The molecule has 1 atom stereocenters. The van der Waals surface area contributed by atoms with Gasteiger partial charge >= 0.3 is 0 Å². The summed E-state index contributed by atoms with van der Waals surface area (Å²) >= 11 is 1.25. The number of carbonyl (C=O) groups excluding carboxylic acids is 1. The summed E-state index contributed by atoms with van der Waals surface area (Å²) in [7, 11) is 3.10. The maximum absolute atomic E-state index is 13.7. The molecule has 9 nitrogen and oxygen atoms in total. The normalized spacial score (nSPS) is 18.6. The molecule has 0 fully saturated rings. The third kappa shape index (κ3) is 4.37. The number of Topliss-reactive ketones (excluding diaryl/α,β-unsaturated/α-hetero) is 1. The Morgan fingerprint density at radius 1 is 1.08 bits per heavy atom. The van der Waals surface area contributed by atoms with Gasteiger partial charge in [0.05, 0.1) is 35.4 Å². The maximum Gasteiger partial charge on any atom is 0.271 e. The standard InChI is InChI=1S/C27H25N3O6S/c1-27(2)13-18-23(19(31)14-27)24(16-6-8-17(9-7-16)30(33)34)29-25(32)22(37-26(29)28-18)12-15-5-10-20(35-3)21(11-15)36-4/h5-12,24H,13-14H2,1-4H3. The van der Waals surface area contributed by atoms with Crippen molar-refractivity contribution >= 4 is 28.9 Å². The highest BCUT2D eigenvalue weighted by molar-refractivity contribution is 7.07. The van der Waals surface area contributed by atoms with Crippen LogP contribution in [0.5, 0.6) is 11.5 Å². The van der Waals surface area contributed by atoms with Crippen molar-refractivity contribution in [1.82, 2.24) is 4.57 Å². The van der Waals surface area contributed by atoms with Crippen LogP contribution in [0.4, 0.5) is 5.69 Å². The molecule has 2 heterocycles. The van der Waals surface area contributed by atoms with E-state index in [1.165, 1.54) is 28.0 Å². The fourth-order valence-electron chi connectivity index (χ4n) is 4.94. The summed E-state index contributed by atoms with van der Waals surface area (Å²) in [5, 5.41) is 11.2. The van der Waals surface area contributed by atoms with Crippen LogP contribution >= 0.6 is 11.3 Å². The van der Waals surface area contributed by atoms with Gasteiger partial charge in [0.25, 0.3) is 11.2 Å². The molecule has 10 heteroatoms. The van der Waals surface area contributed by atoms with Crippen molar-refractivity contribution in [3.63, 3.8) is 0 Å². The minimum absolute atomic E-state index is 0.0603. The molecule has 2 aromatic carbocycles. The lowest BCUT2D eigenvalue weighted by Crippen LogP contribution is -2.42. The molecule has 5 rings (SSSR count). The maximum atomic E-state index is 13.7. The van der Waals surface area contributed by atoms with Crippen LogP contribution < -0.4 is 24.4 Å². The van der Waals surface area contributed by atoms with Crippen LogP contribution in [0.25, 0.3) is 6.08 Å². The van der Waals surface area contributed by atoms with Crippen molar-refractivity contribution < 1.29 is 19.2 Å². The number of fused-ring (bicyclic) bond motifs is 1. The molecule has 37 heavy (non-hydrogen) atoms. The Kier molecular flexibility index (Phi) is 6.07. The average Bonchev–Trinajstić information content (AvgIpc) is 3.16. The second kappa shape index (κ2) is 9.11. The first-order valence-corrected chi connectivity index (χ1v) is 12.5. The van der Waals surface area contributed by atoms with Gasteiger partial charge in [-0.25, -0.2) is 4.99 Å². The number of benzene rings is 2. The van der Waals surface area contributed by atoms with Gasteiger partial charge in [-0.3, -0.25) is 24.3 Å². The first-order valence-electron chi connectivity index (χ1n) is 11.7. The summed E-state index contributed by atoms with van der Waals surface area (Å²) in [6.45, 7) is 4.05. The monoisotopic (exact) mass is 519 g/mol. The largest absolute Gasteiger partial charge is 0.493 e. The summed E-state index contributed by atoms with van der Waals surface area (Å²) in [5.74, 6) is 1.05. The molecule has 1 aliphatic carbocycles. The Hall–Kier alpha value is -4.05. The molecule has 3 aromatic rings. The number of ketones is 1. The van der Waals surface area contributed by atoms with E-state index in [9.17, 15) is 19.7 Å². The third-order valence-electron chi connectivity index (χ3n) is 6.62. The molecular formula is C27H25N3O6S. The summed E-state index contributed by atoms with van der Waals surface area (Å²) < 4.78 is 12.7. The molecule has 1 unspecified atom stereocenters. The van der Waals surface area contributed by atoms with E-state index in [1.54, 1.807) is 44.6 Å². The summed E-state index contributed by atoms with van der Waals surface area (Å²) in [4.78, 5) is 43.1. The zero-order valence-corrected chi connectivity index (χ0v) is 21.6. The number of hydrogen-bond acceptors (Lipinski definition) is 8. The lowest BCUT2D eigenvalue weighted by molar-refractivity contribution is -0.384. The van der Waals surface area contributed by atoms with E-state index in [-0.39, 0.29) is 22.4 Å². The van der Waals surface area contributed by atoms with Gasteiger partial charge in [-0.05, 0) is 53.3 Å². The predicted octanol–water partition coefficient (Wildman–Crippen LogP) is 3.53. The number of hydrogen-bond donors (Lipinski definition) is 0. The van der Waals surface area contributed by atoms with Crippen LogP contribution in [0, 0.1) is 15.5 Å². The van der Waals surface area contributed by atoms with Gasteiger partial charge in [0, 0.05) is 24.1 Å². The Bertz CT molecular complexity index is 1650. The van der Waals surface area contributed by atoms with E-state index in [2.05, 4.69) is 0 Å².